The van der Waals surface area contributed by atoms with Gasteiger partial charge >= 0.3 is 11.5 Å². The van der Waals surface area contributed by atoms with Crippen molar-refractivity contribution in [3.05, 3.63) is 59.9 Å². The predicted octanol–water partition coefficient (Wildman–Crippen LogP) is 4.71. The lowest BCUT2D eigenvalue weighted by Gasteiger charge is -2.29. The van der Waals surface area contributed by atoms with Crippen LogP contribution in [-0.2, 0) is 19.4 Å². The number of halogens is 4. The zero-order chi connectivity index (χ0) is 32.7. The maximum Gasteiger partial charge on any atom is 0.501 e. The van der Waals surface area contributed by atoms with Gasteiger partial charge in [0.1, 0.15) is 5.75 Å². The van der Waals surface area contributed by atoms with Crippen LogP contribution in [0.5, 0.6) is 11.5 Å². The Bertz CT molecular complexity index is 1640. The number of carbonyl (C=O) groups is 3. The fourth-order valence-corrected chi connectivity index (χ4v) is 7.09. The minimum Gasteiger partial charge on any atom is -0.496 e. The van der Waals surface area contributed by atoms with Crippen LogP contribution >= 0.6 is 0 Å². The van der Waals surface area contributed by atoms with E-state index in [-0.39, 0.29) is 34.6 Å². The third-order valence-corrected chi connectivity index (χ3v) is 10.1. The number of carbonyl (C=O) groups excluding carboxylic acids is 2. The summed E-state index contributed by atoms with van der Waals surface area (Å²) >= 11 is 0. The molecular formula is C30H30F4N2O8S. The van der Waals surface area contributed by atoms with E-state index in [0.717, 1.165) is 24.3 Å². The molecular weight excluding hydrogens is 624 g/mol. The second kappa shape index (κ2) is 12.3. The summed E-state index contributed by atoms with van der Waals surface area (Å²) in [5.74, 6) is -5.20. The first-order chi connectivity index (χ1) is 21.2. The lowest BCUT2D eigenvalue weighted by atomic mass is 9.87. The molecule has 3 aliphatic rings. The van der Waals surface area contributed by atoms with Gasteiger partial charge in [-0.1, -0.05) is 18.2 Å². The number of allylic oxidation sites excluding steroid dienone is 1. The first-order valence-corrected chi connectivity index (χ1v) is 15.7. The summed E-state index contributed by atoms with van der Waals surface area (Å²) in [6, 6.07) is 5.26. The van der Waals surface area contributed by atoms with Gasteiger partial charge in [-0.3, -0.25) is 14.4 Å². The smallest absolute Gasteiger partial charge is 0.496 e. The Labute approximate surface area is 255 Å². The quantitative estimate of drug-likeness (QED) is 0.260. The van der Waals surface area contributed by atoms with Crippen LogP contribution in [-0.4, -0.2) is 56.1 Å². The number of ether oxygens (including phenoxy) is 2. The Morgan fingerprint density at radius 3 is 2.31 bits per heavy atom. The Balaban J connectivity index is 1.33. The molecule has 10 nitrogen and oxygen atoms in total. The van der Waals surface area contributed by atoms with E-state index in [1.165, 1.54) is 19.2 Å². The van der Waals surface area contributed by atoms with Gasteiger partial charge in [-0.25, -0.2) is 12.8 Å². The molecule has 242 valence electrons. The molecule has 2 fully saturated rings. The van der Waals surface area contributed by atoms with Crippen LogP contribution in [0.15, 0.2) is 53.4 Å². The molecule has 0 spiro atoms. The number of hydrogen-bond donors (Lipinski definition) is 3. The Hall–Kier alpha value is -4.14. The van der Waals surface area contributed by atoms with Gasteiger partial charge in [0.05, 0.1) is 35.5 Å². The second-order valence-corrected chi connectivity index (χ2v) is 13.3. The van der Waals surface area contributed by atoms with E-state index < -0.39 is 67.8 Å². The SMILES string of the molecule is COc1cc(F)c(OC2CCC(C(=O)O)CC2)cc1C(=O)NC1C2C=CC(C2)C1C(=O)Nc1cccc(S(=O)(=O)C(F)(F)F)c1. The van der Waals surface area contributed by atoms with E-state index in [1.807, 2.05) is 12.2 Å². The third-order valence-electron chi connectivity index (χ3n) is 8.59. The molecule has 0 aromatic heterocycles. The van der Waals surface area contributed by atoms with Crippen molar-refractivity contribution in [1.82, 2.24) is 5.32 Å². The van der Waals surface area contributed by atoms with Crippen molar-refractivity contribution in [3.63, 3.8) is 0 Å². The molecule has 3 aliphatic carbocycles. The Morgan fingerprint density at radius 2 is 1.67 bits per heavy atom. The molecule has 0 aliphatic heterocycles. The van der Waals surface area contributed by atoms with E-state index in [4.69, 9.17) is 9.47 Å². The average Bonchev–Trinajstić information content (AvgIpc) is 3.60. The van der Waals surface area contributed by atoms with Gasteiger partial charge in [-0.2, -0.15) is 13.2 Å². The number of anilines is 1. The molecule has 2 amide bonds. The highest BCUT2D eigenvalue weighted by Crippen LogP contribution is 2.45. The summed E-state index contributed by atoms with van der Waals surface area (Å²) in [4.78, 5) is 37.2. The van der Waals surface area contributed by atoms with Gasteiger partial charge in [0, 0.05) is 17.8 Å². The van der Waals surface area contributed by atoms with Crippen LogP contribution in [0.4, 0.5) is 23.2 Å². The first kappa shape index (κ1) is 32.3. The third kappa shape index (κ3) is 6.49. The van der Waals surface area contributed by atoms with Crippen molar-refractivity contribution in [3.8, 4) is 11.5 Å². The molecule has 0 saturated heterocycles. The van der Waals surface area contributed by atoms with Gasteiger partial charge in [0.2, 0.25) is 5.91 Å². The highest BCUT2D eigenvalue weighted by atomic mass is 32.2. The first-order valence-electron chi connectivity index (χ1n) is 14.2. The molecule has 4 unspecified atom stereocenters. The van der Waals surface area contributed by atoms with Crippen LogP contribution in [0.1, 0.15) is 42.5 Å². The number of carboxylic acids is 1. The van der Waals surface area contributed by atoms with Crippen molar-refractivity contribution in [2.75, 3.05) is 12.4 Å². The largest absolute Gasteiger partial charge is 0.501 e. The fourth-order valence-electron chi connectivity index (χ4n) is 6.28. The normalized spacial score (nSPS) is 25.9. The predicted molar refractivity (Wildman–Crippen MR) is 151 cm³/mol. The number of carboxylic acid groups (broad SMARTS) is 1. The van der Waals surface area contributed by atoms with Crippen molar-refractivity contribution < 1.29 is 54.9 Å². The number of amides is 2. The molecule has 15 heteroatoms. The second-order valence-electron chi connectivity index (χ2n) is 11.4. The highest BCUT2D eigenvalue weighted by molar-refractivity contribution is 7.92. The van der Waals surface area contributed by atoms with Crippen LogP contribution < -0.4 is 20.1 Å². The molecule has 0 heterocycles. The van der Waals surface area contributed by atoms with E-state index in [1.54, 1.807) is 0 Å². The average molecular weight is 655 g/mol. The molecule has 2 aromatic carbocycles. The minimum atomic E-state index is -5.64. The number of hydrogen-bond acceptors (Lipinski definition) is 7. The summed E-state index contributed by atoms with van der Waals surface area (Å²) < 4.78 is 88.8. The number of benzene rings is 2. The molecule has 2 saturated carbocycles. The topological polar surface area (TPSA) is 148 Å². The maximum absolute atomic E-state index is 14.9. The highest BCUT2D eigenvalue weighted by Gasteiger charge is 2.50. The minimum absolute atomic E-state index is 0.0657. The van der Waals surface area contributed by atoms with E-state index in [9.17, 15) is 45.5 Å². The number of aliphatic carboxylic acids is 1. The summed E-state index contributed by atoms with van der Waals surface area (Å²) in [5, 5.41) is 14.5. The molecule has 0 radical (unpaired) electrons. The maximum atomic E-state index is 14.9. The number of sulfone groups is 1. The number of nitrogens with one attached hydrogen (secondary N) is 2. The molecule has 2 aromatic rings. The van der Waals surface area contributed by atoms with Crippen LogP contribution in [0, 0.1) is 29.5 Å². The number of alkyl halides is 3. The molecule has 45 heavy (non-hydrogen) atoms. The van der Waals surface area contributed by atoms with Crippen LogP contribution in [0.3, 0.4) is 0 Å². The lowest BCUT2D eigenvalue weighted by Crippen LogP contribution is -2.47. The number of fused-ring (bicyclic) bond motifs is 2. The molecule has 4 atom stereocenters. The standard InChI is InChI=1S/C30H30F4N2O8S/c1-43-23-14-22(31)24(44-19-9-7-15(8-10-19)29(39)40)13-21(23)27(37)36-26-17-6-5-16(11-17)25(26)28(38)35-18-3-2-4-20(12-18)45(41,42)30(32,33)34/h2-6,12-17,19,25-26H,7-11H2,1H3,(H,35,38)(H,36,37)(H,39,40). The molecule has 3 N–H and O–H groups in total. The van der Waals surface area contributed by atoms with Gasteiger partial charge in [0.15, 0.2) is 11.6 Å². The fraction of sp³-hybridized carbons (Fsp3) is 0.433. The van der Waals surface area contributed by atoms with Gasteiger partial charge < -0.3 is 25.2 Å². The van der Waals surface area contributed by atoms with E-state index in [0.29, 0.717) is 32.1 Å². The van der Waals surface area contributed by atoms with Crippen LogP contribution in [0.25, 0.3) is 0 Å². The van der Waals surface area contributed by atoms with Crippen molar-refractivity contribution >= 4 is 33.3 Å². The number of methoxy groups -OCH3 is 1. The van der Waals surface area contributed by atoms with Gasteiger partial charge in [-0.05, 0) is 68.2 Å². The zero-order valence-corrected chi connectivity index (χ0v) is 24.7. The van der Waals surface area contributed by atoms with Gasteiger partial charge in [-0.15, -0.1) is 0 Å². The summed E-state index contributed by atoms with van der Waals surface area (Å²) in [7, 11) is -4.39. The van der Waals surface area contributed by atoms with E-state index in [2.05, 4.69) is 10.6 Å². The Morgan fingerprint density at radius 1 is 0.978 bits per heavy atom. The zero-order valence-electron chi connectivity index (χ0n) is 23.8. The molecule has 5 rings (SSSR count). The lowest BCUT2D eigenvalue weighted by molar-refractivity contribution is -0.143. The van der Waals surface area contributed by atoms with Gasteiger partial charge in [0.25, 0.3) is 15.7 Å². The van der Waals surface area contributed by atoms with Crippen molar-refractivity contribution in [1.29, 1.82) is 0 Å². The number of rotatable bonds is 9. The Kier molecular flexibility index (Phi) is 8.84. The van der Waals surface area contributed by atoms with Crippen LogP contribution in [0.2, 0.25) is 0 Å². The molecule has 2 bridgehead atoms. The summed E-state index contributed by atoms with van der Waals surface area (Å²) in [5.41, 5.74) is -5.75. The van der Waals surface area contributed by atoms with E-state index >= 15 is 0 Å². The summed E-state index contributed by atoms with van der Waals surface area (Å²) in [6.07, 6.45) is 5.24. The van der Waals surface area contributed by atoms with Crippen molar-refractivity contribution in [2.45, 2.75) is 54.7 Å². The monoisotopic (exact) mass is 654 g/mol. The van der Waals surface area contributed by atoms with Crippen molar-refractivity contribution in [2.24, 2.45) is 23.7 Å². The summed E-state index contributed by atoms with van der Waals surface area (Å²) in [6.45, 7) is 0.